The fourth-order valence-corrected chi connectivity index (χ4v) is 5.10. The van der Waals surface area contributed by atoms with Gasteiger partial charge in [-0.15, -0.1) is 12.4 Å². The first kappa shape index (κ1) is 26.0. The third kappa shape index (κ3) is 6.15. The number of aryl methyl sites for hydroxylation is 1. The van der Waals surface area contributed by atoms with Gasteiger partial charge in [-0.1, -0.05) is 6.07 Å². The highest BCUT2D eigenvalue weighted by Gasteiger charge is 2.26. The van der Waals surface area contributed by atoms with Crippen LogP contribution in [0.2, 0.25) is 0 Å². The van der Waals surface area contributed by atoms with Crippen LogP contribution in [0.25, 0.3) is 0 Å². The van der Waals surface area contributed by atoms with E-state index in [1.807, 2.05) is 6.92 Å². The zero-order chi connectivity index (χ0) is 22.6. The molecule has 9 heteroatoms. The van der Waals surface area contributed by atoms with Gasteiger partial charge in [-0.2, -0.15) is 0 Å². The molecular formula is C23H32ClN3O4S. The third-order valence-electron chi connectivity index (χ3n) is 5.70. The molecule has 0 aliphatic carbocycles. The molecule has 1 N–H and O–H groups in total. The molecular weight excluding hydrogens is 450 g/mol. The van der Waals surface area contributed by atoms with E-state index in [0.29, 0.717) is 29.2 Å². The SMILES string of the molecule is CCOc1ccc(NS(=O)(=O)c2cc(C(=O)N(C)C3CCN(C)CC3)ccc2C)cc1.Cl. The van der Waals surface area contributed by atoms with Crippen molar-refractivity contribution in [3.05, 3.63) is 53.6 Å². The van der Waals surface area contributed by atoms with Crippen molar-refractivity contribution in [2.75, 3.05) is 38.5 Å². The predicted molar refractivity (Wildman–Crippen MR) is 129 cm³/mol. The number of carbonyl (C=O) groups is 1. The van der Waals surface area contributed by atoms with Crippen LogP contribution < -0.4 is 9.46 Å². The quantitative estimate of drug-likeness (QED) is 0.651. The van der Waals surface area contributed by atoms with Gasteiger partial charge >= 0.3 is 0 Å². The summed E-state index contributed by atoms with van der Waals surface area (Å²) in [6, 6.07) is 11.7. The number of hydrogen-bond acceptors (Lipinski definition) is 5. The fraction of sp³-hybridized carbons (Fsp3) is 0.435. The number of nitrogens with zero attached hydrogens (tertiary/aromatic N) is 2. The average Bonchev–Trinajstić information content (AvgIpc) is 2.75. The highest BCUT2D eigenvalue weighted by Crippen LogP contribution is 2.24. The van der Waals surface area contributed by atoms with Crippen molar-refractivity contribution < 1.29 is 17.9 Å². The van der Waals surface area contributed by atoms with Gasteiger partial charge in [0.05, 0.1) is 11.5 Å². The van der Waals surface area contributed by atoms with Crippen LogP contribution in [0.1, 0.15) is 35.7 Å². The Morgan fingerprint density at radius 2 is 1.78 bits per heavy atom. The van der Waals surface area contributed by atoms with Crippen molar-refractivity contribution in [1.82, 2.24) is 9.80 Å². The molecule has 1 saturated heterocycles. The summed E-state index contributed by atoms with van der Waals surface area (Å²) in [5.41, 5.74) is 1.39. The summed E-state index contributed by atoms with van der Waals surface area (Å²) in [4.78, 5) is 17.1. The van der Waals surface area contributed by atoms with Crippen LogP contribution in [-0.4, -0.2) is 64.0 Å². The van der Waals surface area contributed by atoms with Crippen LogP contribution in [0.15, 0.2) is 47.4 Å². The molecule has 0 saturated carbocycles. The highest BCUT2D eigenvalue weighted by atomic mass is 35.5. The Morgan fingerprint density at radius 3 is 2.38 bits per heavy atom. The number of amides is 1. The van der Waals surface area contributed by atoms with Crippen molar-refractivity contribution in [2.24, 2.45) is 0 Å². The number of ether oxygens (including phenoxy) is 1. The number of sulfonamides is 1. The van der Waals surface area contributed by atoms with E-state index >= 15 is 0 Å². The first-order chi connectivity index (χ1) is 14.7. The standard InChI is InChI=1S/C23H31N3O4S.ClH/c1-5-30-21-10-8-19(9-11-21)24-31(28,29)22-16-18(7-6-17(22)2)23(27)26(4)20-12-14-25(3)15-13-20;/h6-11,16,20,24H,5,12-15H2,1-4H3;1H. The van der Waals surface area contributed by atoms with Crippen LogP contribution in [0, 0.1) is 6.92 Å². The monoisotopic (exact) mass is 481 g/mol. The maximum Gasteiger partial charge on any atom is 0.262 e. The number of rotatable bonds is 7. The number of likely N-dealkylation sites (tertiary alicyclic amines) is 1. The molecule has 0 aromatic heterocycles. The second-order valence-electron chi connectivity index (χ2n) is 7.99. The lowest BCUT2D eigenvalue weighted by Crippen LogP contribution is -2.44. The summed E-state index contributed by atoms with van der Waals surface area (Å²) in [7, 11) is 0.0208. The zero-order valence-corrected chi connectivity index (χ0v) is 20.6. The largest absolute Gasteiger partial charge is 0.494 e. The molecule has 1 heterocycles. The lowest BCUT2D eigenvalue weighted by atomic mass is 10.0. The highest BCUT2D eigenvalue weighted by molar-refractivity contribution is 7.92. The van der Waals surface area contributed by atoms with E-state index in [4.69, 9.17) is 4.74 Å². The van der Waals surface area contributed by atoms with Gasteiger partial charge in [0.1, 0.15) is 5.75 Å². The van der Waals surface area contributed by atoms with Crippen molar-refractivity contribution in [2.45, 2.75) is 37.6 Å². The molecule has 0 atom stereocenters. The number of nitrogens with one attached hydrogen (secondary N) is 1. The smallest absolute Gasteiger partial charge is 0.262 e. The molecule has 1 aliphatic heterocycles. The van der Waals surface area contributed by atoms with Crippen molar-refractivity contribution in [3.8, 4) is 5.75 Å². The number of carbonyl (C=O) groups excluding carboxylic acids is 1. The van der Waals surface area contributed by atoms with Crippen LogP contribution in [0.5, 0.6) is 5.75 Å². The van der Waals surface area contributed by atoms with Gasteiger partial charge in [0.2, 0.25) is 0 Å². The first-order valence-corrected chi connectivity index (χ1v) is 12.0. The molecule has 1 fully saturated rings. The fourth-order valence-electron chi connectivity index (χ4n) is 3.77. The average molecular weight is 482 g/mol. The summed E-state index contributed by atoms with van der Waals surface area (Å²) >= 11 is 0. The van der Waals surface area contributed by atoms with Crippen molar-refractivity contribution in [3.63, 3.8) is 0 Å². The molecule has 176 valence electrons. The van der Waals surface area contributed by atoms with Gasteiger partial charge in [-0.05, 0) is 88.8 Å². The Labute approximate surface area is 197 Å². The Kier molecular flexibility index (Phi) is 8.95. The Bertz CT molecular complexity index is 1020. The molecule has 0 bridgehead atoms. The van der Waals surface area contributed by atoms with E-state index in [-0.39, 0.29) is 29.3 Å². The Morgan fingerprint density at radius 1 is 1.16 bits per heavy atom. The summed E-state index contributed by atoms with van der Waals surface area (Å²) < 4.78 is 34.1. The second kappa shape index (κ2) is 11.0. The predicted octanol–water partition coefficient (Wildman–Crippen LogP) is 3.78. The topological polar surface area (TPSA) is 78.9 Å². The molecule has 3 rings (SSSR count). The molecule has 2 aromatic carbocycles. The van der Waals surface area contributed by atoms with Gasteiger partial charge in [0.15, 0.2) is 0 Å². The molecule has 0 unspecified atom stereocenters. The molecule has 1 amide bonds. The van der Waals surface area contributed by atoms with Crippen molar-refractivity contribution >= 4 is 34.0 Å². The molecule has 2 aromatic rings. The minimum atomic E-state index is -3.85. The summed E-state index contributed by atoms with van der Waals surface area (Å²) in [6.07, 6.45) is 1.82. The zero-order valence-electron chi connectivity index (χ0n) is 19.0. The van der Waals surface area contributed by atoms with Gasteiger partial charge in [0, 0.05) is 24.3 Å². The number of benzene rings is 2. The van der Waals surface area contributed by atoms with Crippen LogP contribution in [0.4, 0.5) is 5.69 Å². The minimum Gasteiger partial charge on any atom is -0.494 e. The molecule has 7 nitrogen and oxygen atoms in total. The van der Waals surface area contributed by atoms with Gasteiger partial charge in [-0.25, -0.2) is 8.42 Å². The first-order valence-electron chi connectivity index (χ1n) is 10.5. The summed E-state index contributed by atoms with van der Waals surface area (Å²) in [6.45, 7) is 6.04. The van der Waals surface area contributed by atoms with Crippen LogP contribution >= 0.6 is 12.4 Å². The minimum absolute atomic E-state index is 0. The second-order valence-corrected chi connectivity index (χ2v) is 9.64. The van der Waals surface area contributed by atoms with E-state index in [1.165, 1.54) is 6.07 Å². The Hall–Kier alpha value is -2.29. The van der Waals surface area contributed by atoms with Crippen molar-refractivity contribution in [1.29, 1.82) is 0 Å². The molecule has 1 aliphatic rings. The van der Waals surface area contributed by atoms with Gasteiger partial charge in [-0.3, -0.25) is 9.52 Å². The number of piperidine rings is 1. The third-order valence-corrected chi connectivity index (χ3v) is 7.22. The Balaban J connectivity index is 0.00000363. The van der Waals surface area contributed by atoms with Gasteiger partial charge < -0.3 is 14.5 Å². The van der Waals surface area contributed by atoms with E-state index in [0.717, 1.165) is 25.9 Å². The molecule has 0 radical (unpaired) electrons. The number of anilines is 1. The molecule has 0 spiro atoms. The number of halogens is 1. The van der Waals surface area contributed by atoms with E-state index in [9.17, 15) is 13.2 Å². The van der Waals surface area contributed by atoms with E-state index in [2.05, 4.69) is 16.7 Å². The summed E-state index contributed by atoms with van der Waals surface area (Å²) in [5, 5.41) is 0. The summed E-state index contributed by atoms with van der Waals surface area (Å²) in [5.74, 6) is 0.512. The lowest BCUT2D eigenvalue weighted by molar-refractivity contribution is 0.0659. The van der Waals surface area contributed by atoms with Gasteiger partial charge in [0.25, 0.3) is 15.9 Å². The maximum absolute atomic E-state index is 13.1. The maximum atomic E-state index is 13.1. The van der Waals surface area contributed by atoms with E-state index in [1.54, 1.807) is 55.3 Å². The lowest BCUT2D eigenvalue weighted by Gasteiger charge is -2.35. The molecule has 32 heavy (non-hydrogen) atoms. The van der Waals surface area contributed by atoms with Crippen LogP contribution in [-0.2, 0) is 10.0 Å². The number of hydrogen-bond donors (Lipinski definition) is 1. The van der Waals surface area contributed by atoms with E-state index < -0.39 is 10.0 Å². The van der Waals surface area contributed by atoms with Crippen LogP contribution in [0.3, 0.4) is 0 Å². The normalized spacial score (nSPS) is 15.0.